The first-order valence-electron chi connectivity index (χ1n) is 11.7. The second kappa shape index (κ2) is 12.6. The summed E-state index contributed by atoms with van der Waals surface area (Å²) in [5.74, 6) is 0.553. The predicted molar refractivity (Wildman–Crippen MR) is 121 cm³/mol. The fourth-order valence-corrected chi connectivity index (χ4v) is 5.36. The second-order valence-corrected chi connectivity index (χ2v) is 10.3. The SMILES string of the molecule is COC1CCC(CNC(=O)C2CCC(NC(=O)COC3CCC(Cl)C(Cl)C3)CC2)CN1. The monoisotopic (exact) mass is 477 g/mol. The lowest BCUT2D eigenvalue weighted by Crippen LogP contribution is -2.46. The van der Waals surface area contributed by atoms with Crippen molar-refractivity contribution in [2.45, 2.75) is 86.9 Å². The molecule has 1 aliphatic heterocycles. The van der Waals surface area contributed by atoms with Gasteiger partial charge in [0, 0.05) is 32.2 Å². The summed E-state index contributed by atoms with van der Waals surface area (Å²) in [5.41, 5.74) is 0. The maximum Gasteiger partial charge on any atom is 0.246 e. The lowest BCUT2D eigenvalue weighted by atomic mass is 9.85. The summed E-state index contributed by atoms with van der Waals surface area (Å²) in [4.78, 5) is 24.8. The standard InChI is InChI=1S/C22H37Cl2N3O4/c1-30-21-9-2-14(11-25-21)12-26-22(29)15-3-5-16(6-4-15)27-20(28)13-31-17-7-8-18(23)19(24)10-17/h14-19,21,25H,2-13H2,1H3,(H,26,29)(H,27,28). The zero-order valence-electron chi connectivity index (χ0n) is 18.4. The Balaban J connectivity index is 1.27. The molecule has 3 aliphatic rings. The predicted octanol–water partition coefficient (Wildman–Crippen LogP) is 2.53. The summed E-state index contributed by atoms with van der Waals surface area (Å²) in [5, 5.41) is 9.42. The Bertz CT molecular complexity index is 581. The highest BCUT2D eigenvalue weighted by molar-refractivity contribution is 6.30. The van der Waals surface area contributed by atoms with E-state index in [4.69, 9.17) is 32.7 Å². The van der Waals surface area contributed by atoms with Crippen LogP contribution in [0.5, 0.6) is 0 Å². The highest BCUT2D eigenvalue weighted by atomic mass is 35.5. The molecule has 0 spiro atoms. The van der Waals surface area contributed by atoms with Gasteiger partial charge >= 0.3 is 0 Å². The number of nitrogens with one attached hydrogen (secondary N) is 3. The minimum atomic E-state index is -0.0958. The van der Waals surface area contributed by atoms with Crippen molar-refractivity contribution in [2.75, 3.05) is 26.8 Å². The molecule has 5 unspecified atom stereocenters. The number of carbonyl (C=O) groups is 2. The molecule has 2 aliphatic carbocycles. The van der Waals surface area contributed by atoms with Crippen LogP contribution in [0.1, 0.15) is 57.8 Å². The maximum atomic E-state index is 12.5. The molecule has 5 atom stereocenters. The van der Waals surface area contributed by atoms with Gasteiger partial charge < -0.3 is 20.1 Å². The molecule has 1 heterocycles. The van der Waals surface area contributed by atoms with Crippen molar-refractivity contribution in [1.29, 1.82) is 0 Å². The Morgan fingerprint density at radius 2 is 1.77 bits per heavy atom. The first-order valence-corrected chi connectivity index (χ1v) is 12.5. The van der Waals surface area contributed by atoms with Gasteiger partial charge in [0.1, 0.15) is 12.8 Å². The van der Waals surface area contributed by atoms with E-state index in [2.05, 4.69) is 16.0 Å². The average Bonchev–Trinajstić information content (AvgIpc) is 2.79. The van der Waals surface area contributed by atoms with Crippen LogP contribution in [0, 0.1) is 11.8 Å². The van der Waals surface area contributed by atoms with Gasteiger partial charge in [-0.25, -0.2) is 0 Å². The van der Waals surface area contributed by atoms with Crippen LogP contribution in [0.25, 0.3) is 0 Å². The molecular formula is C22H37Cl2N3O4. The topological polar surface area (TPSA) is 88.7 Å². The zero-order valence-corrected chi connectivity index (χ0v) is 19.9. The molecule has 31 heavy (non-hydrogen) atoms. The highest BCUT2D eigenvalue weighted by Crippen LogP contribution is 2.29. The number of ether oxygens (including phenoxy) is 2. The van der Waals surface area contributed by atoms with Crippen molar-refractivity contribution < 1.29 is 19.1 Å². The van der Waals surface area contributed by atoms with Crippen LogP contribution < -0.4 is 16.0 Å². The van der Waals surface area contributed by atoms with Gasteiger partial charge in [0.15, 0.2) is 0 Å². The first kappa shape index (κ1) is 25.0. The summed E-state index contributed by atoms with van der Waals surface area (Å²) in [6.07, 6.45) is 7.79. The van der Waals surface area contributed by atoms with Crippen LogP contribution in [0.4, 0.5) is 0 Å². The Morgan fingerprint density at radius 1 is 1.00 bits per heavy atom. The van der Waals surface area contributed by atoms with Crippen LogP contribution in [0.15, 0.2) is 0 Å². The van der Waals surface area contributed by atoms with Gasteiger partial charge in [0.25, 0.3) is 0 Å². The number of amides is 2. The van der Waals surface area contributed by atoms with E-state index in [9.17, 15) is 9.59 Å². The average molecular weight is 478 g/mol. The summed E-state index contributed by atoms with van der Waals surface area (Å²) in [7, 11) is 1.72. The van der Waals surface area contributed by atoms with Crippen molar-refractivity contribution in [3.8, 4) is 0 Å². The third-order valence-electron chi connectivity index (χ3n) is 6.88. The largest absolute Gasteiger partial charge is 0.368 e. The van der Waals surface area contributed by atoms with Gasteiger partial charge in [-0.1, -0.05) is 0 Å². The Kier molecular flexibility index (Phi) is 10.2. The third-order valence-corrected chi connectivity index (χ3v) is 8.01. The fourth-order valence-electron chi connectivity index (χ4n) is 4.81. The second-order valence-electron chi connectivity index (χ2n) is 9.22. The molecule has 0 bridgehead atoms. The molecule has 7 nitrogen and oxygen atoms in total. The molecule has 9 heteroatoms. The Morgan fingerprint density at radius 3 is 2.42 bits per heavy atom. The van der Waals surface area contributed by atoms with Crippen molar-refractivity contribution >= 4 is 35.0 Å². The van der Waals surface area contributed by atoms with E-state index in [-0.39, 0.29) is 53.5 Å². The molecule has 1 saturated heterocycles. The summed E-state index contributed by atoms with van der Waals surface area (Å²) < 4.78 is 11.0. The van der Waals surface area contributed by atoms with Gasteiger partial charge in [0.2, 0.25) is 11.8 Å². The molecule has 3 N–H and O–H groups in total. The van der Waals surface area contributed by atoms with Crippen molar-refractivity contribution in [2.24, 2.45) is 11.8 Å². The minimum absolute atomic E-state index is 0.00225. The van der Waals surface area contributed by atoms with E-state index < -0.39 is 0 Å². The van der Waals surface area contributed by atoms with Gasteiger partial charge in [-0.05, 0) is 63.7 Å². The summed E-state index contributed by atoms with van der Waals surface area (Å²) >= 11 is 12.3. The molecule has 2 saturated carbocycles. The molecule has 3 fully saturated rings. The van der Waals surface area contributed by atoms with E-state index in [0.29, 0.717) is 18.9 Å². The lowest BCUT2D eigenvalue weighted by Gasteiger charge is -2.31. The minimum Gasteiger partial charge on any atom is -0.368 e. The number of alkyl halides is 2. The molecular weight excluding hydrogens is 441 g/mol. The van der Waals surface area contributed by atoms with E-state index in [1.54, 1.807) is 7.11 Å². The zero-order chi connectivity index (χ0) is 22.2. The summed E-state index contributed by atoms with van der Waals surface area (Å²) in [6, 6.07) is 0.119. The van der Waals surface area contributed by atoms with E-state index in [0.717, 1.165) is 57.9 Å². The van der Waals surface area contributed by atoms with Crippen molar-refractivity contribution in [1.82, 2.24) is 16.0 Å². The van der Waals surface area contributed by atoms with Gasteiger partial charge in [-0.15, -0.1) is 23.2 Å². The van der Waals surface area contributed by atoms with E-state index in [1.165, 1.54) is 0 Å². The number of carbonyl (C=O) groups excluding carboxylic acids is 2. The van der Waals surface area contributed by atoms with Gasteiger partial charge in [-0.3, -0.25) is 14.9 Å². The number of piperidine rings is 1. The Hall–Kier alpha value is -0.600. The molecule has 0 radical (unpaired) electrons. The number of rotatable bonds is 8. The van der Waals surface area contributed by atoms with E-state index in [1.807, 2.05) is 0 Å². The van der Waals surface area contributed by atoms with Crippen LogP contribution in [0.3, 0.4) is 0 Å². The van der Waals surface area contributed by atoms with Crippen LogP contribution in [-0.2, 0) is 19.1 Å². The number of hydrogen-bond donors (Lipinski definition) is 3. The molecule has 2 amide bonds. The number of halogens is 2. The fraction of sp³-hybridized carbons (Fsp3) is 0.909. The molecule has 0 aromatic rings. The van der Waals surface area contributed by atoms with Crippen LogP contribution in [-0.4, -0.2) is 67.7 Å². The number of hydrogen-bond acceptors (Lipinski definition) is 5. The normalized spacial score (nSPS) is 36.5. The molecule has 178 valence electrons. The quantitative estimate of drug-likeness (QED) is 0.467. The molecule has 0 aromatic heterocycles. The van der Waals surface area contributed by atoms with Crippen LogP contribution >= 0.6 is 23.2 Å². The van der Waals surface area contributed by atoms with Gasteiger partial charge in [0.05, 0.1) is 16.9 Å². The summed E-state index contributed by atoms with van der Waals surface area (Å²) in [6.45, 7) is 1.64. The third kappa shape index (κ3) is 8.04. The van der Waals surface area contributed by atoms with Crippen LogP contribution in [0.2, 0.25) is 0 Å². The first-order chi connectivity index (χ1) is 14.9. The molecule has 0 aromatic carbocycles. The molecule has 3 rings (SSSR count). The van der Waals surface area contributed by atoms with Crippen molar-refractivity contribution in [3.05, 3.63) is 0 Å². The lowest BCUT2D eigenvalue weighted by molar-refractivity contribution is -0.129. The smallest absolute Gasteiger partial charge is 0.246 e. The van der Waals surface area contributed by atoms with Crippen molar-refractivity contribution in [3.63, 3.8) is 0 Å². The van der Waals surface area contributed by atoms with Gasteiger partial charge in [-0.2, -0.15) is 0 Å². The Labute approximate surface area is 195 Å². The van der Waals surface area contributed by atoms with E-state index >= 15 is 0 Å². The maximum absolute atomic E-state index is 12.5. The number of methoxy groups -OCH3 is 1. The highest BCUT2D eigenvalue weighted by Gasteiger charge is 2.30.